The summed E-state index contributed by atoms with van der Waals surface area (Å²) in [6.45, 7) is 4.22. The maximum Gasteiger partial charge on any atom is -0.0125 e. The standard InChI is InChI=1S/C7H11I/c1-3-4-5-6-7(2)8/h4-6H,3H2,1-2H3/b5-4-,7-6-. The van der Waals surface area contributed by atoms with Crippen LogP contribution in [-0.2, 0) is 0 Å². The van der Waals surface area contributed by atoms with Gasteiger partial charge in [-0.25, -0.2) is 0 Å². The summed E-state index contributed by atoms with van der Waals surface area (Å²) in [5.74, 6) is 0. The van der Waals surface area contributed by atoms with Crippen molar-refractivity contribution in [2.75, 3.05) is 0 Å². The van der Waals surface area contributed by atoms with Crippen LogP contribution in [0.15, 0.2) is 21.8 Å². The van der Waals surface area contributed by atoms with Crippen molar-refractivity contribution in [2.24, 2.45) is 0 Å². The van der Waals surface area contributed by atoms with Crippen LogP contribution in [0, 0.1) is 0 Å². The molecular weight excluding hydrogens is 211 g/mol. The lowest BCUT2D eigenvalue weighted by atomic mass is 10.4. The molecule has 0 saturated carbocycles. The van der Waals surface area contributed by atoms with E-state index in [-0.39, 0.29) is 0 Å². The van der Waals surface area contributed by atoms with Crippen LogP contribution in [0.2, 0.25) is 0 Å². The van der Waals surface area contributed by atoms with E-state index in [1.54, 1.807) is 0 Å². The van der Waals surface area contributed by atoms with E-state index in [0.717, 1.165) is 6.42 Å². The average Bonchev–Trinajstić information content (AvgIpc) is 1.66. The Morgan fingerprint density at radius 2 is 2.25 bits per heavy atom. The Morgan fingerprint density at radius 3 is 2.62 bits per heavy atom. The topological polar surface area (TPSA) is 0 Å². The van der Waals surface area contributed by atoms with Crippen LogP contribution in [0.4, 0.5) is 0 Å². The van der Waals surface area contributed by atoms with Crippen LogP contribution in [0.5, 0.6) is 0 Å². The lowest BCUT2D eigenvalue weighted by Gasteiger charge is -1.78. The lowest BCUT2D eigenvalue weighted by Crippen LogP contribution is -1.54. The first-order valence-corrected chi connectivity index (χ1v) is 3.84. The van der Waals surface area contributed by atoms with Gasteiger partial charge >= 0.3 is 0 Å². The lowest BCUT2D eigenvalue weighted by molar-refractivity contribution is 1.22. The molecule has 0 aliphatic heterocycles. The van der Waals surface area contributed by atoms with E-state index < -0.39 is 0 Å². The van der Waals surface area contributed by atoms with Gasteiger partial charge in [-0.05, 0) is 39.5 Å². The van der Waals surface area contributed by atoms with E-state index in [0.29, 0.717) is 0 Å². The van der Waals surface area contributed by atoms with Crippen LogP contribution >= 0.6 is 22.6 Å². The highest BCUT2D eigenvalue weighted by molar-refractivity contribution is 14.1. The molecule has 0 heterocycles. The first-order chi connectivity index (χ1) is 3.77. The van der Waals surface area contributed by atoms with Gasteiger partial charge in [0, 0.05) is 0 Å². The third kappa shape index (κ3) is 6.21. The quantitative estimate of drug-likeness (QED) is 0.496. The molecule has 0 aromatic rings. The van der Waals surface area contributed by atoms with Gasteiger partial charge in [0.05, 0.1) is 0 Å². The van der Waals surface area contributed by atoms with E-state index in [2.05, 4.69) is 54.7 Å². The van der Waals surface area contributed by atoms with Gasteiger partial charge < -0.3 is 0 Å². The van der Waals surface area contributed by atoms with E-state index in [1.165, 1.54) is 3.58 Å². The predicted molar refractivity (Wildman–Crippen MR) is 47.2 cm³/mol. The summed E-state index contributed by atoms with van der Waals surface area (Å²) in [5, 5.41) is 0. The molecule has 0 amide bonds. The van der Waals surface area contributed by atoms with E-state index >= 15 is 0 Å². The summed E-state index contributed by atoms with van der Waals surface area (Å²) >= 11 is 2.29. The zero-order valence-corrected chi connectivity index (χ0v) is 7.47. The summed E-state index contributed by atoms with van der Waals surface area (Å²) in [6, 6.07) is 0. The van der Waals surface area contributed by atoms with Crippen molar-refractivity contribution in [1.29, 1.82) is 0 Å². The zero-order chi connectivity index (χ0) is 6.41. The second-order valence-corrected chi connectivity index (χ2v) is 3.29. The molecule has 0 saturated heterocycles. The van der Waals surface area contributed by atoms with E-state index in [1.807, 2.05) is 0 Å². The van der Waals surface area contributed by atoms with Crippen molar-refractivity contribution in [2.45, 2.75) is 20.3 Å². The molecule has 0 rings (SSSR count). The fraction of sp³-hybridized carbons (Fsp3) is 0.429. The second kappa shape index (κ2) is 5.35. The monoisotopic (exact) mass is 222 g/mol. The van der Waals surface area contributed by atoms with Crippen molar-refractivity contribution < 1.29 is 0 Å². The van der Waals surface area contributed by atoms with Gasteiger partial charge in [-0.1, -0.05) is 25.2 Å². The average molecular weight is 222 g/mol. The molecule has 8 heavy (non-hydrogen) atoms. The zero-order valence-electron chi connectivity index (χ0n) is 5.32. The highest BCUT2D eigenvalue weighted by atomic mass is 127. The molecule has 0 unspecified atom stereocenters. The molecule has 0 fully saturated rings. The molecule has 0 spiro atoms. The fourth-order valence-corrected chi connectivity index (χ4v) is 0.544. The molecule has 0 bridgehead atoms. The first-order valence-electron chi connectivity index (χ1n) is 2.76. The Balaban J connectivity index is 3.42. The van der Waals surface area contributed by atoms with Crippen LogP contribution in [0.3, 0.4) is 0 Å². The van der Waals surface area contributed by atoms with E-state index in [9.17, 15) is 0 Å². The largest absolute Gasteiger partial charge is 0.0848 e. The highest BCUT2D eigenvalue weighted by Gasteiger charge is 1.69. The Hall–Kier alpha value is 0.210. The molecule has 0 aromatic carbocycles. The van der Waals surface area contributed by atoms with Gasteiger partial charge in [-0.2, -0.15) is 0 Å². The molecule has 0 aromatic heterocycles. The molecule has 1 heteroatoms. The third-order valence-corrected chi connectivity index (χ3v) is 1.06. The SMILES string of the molecule is CC/C=C\C=C(\C)I. The van der Waals surface area contributed by atoms with Crippen LogP contribution in [0.1, 0.15) is 20.3 Å². The van der Waals surface area contributed by atoms with Crippen molar-refractivity contribution in [3.8, 4) is 0 Å². The summed E-state index contributed by atoms with van der Waals surface area (Å²) < 4.78 is 1.33. The molecule has 0 radical (unpaired) electrons. The Kier molecular flexibility index (Phi) is 5.49. The van der Waals surface area contributed by atoms with Crippen LogP contribution in [0.25, 0.3) is 0 Å². The highest BCUT2D eigenvalue weighted by Crippen LogP contribution is 2.02. The van der Waals surface area contributed by atoms with Crippen LogP contribution < -0.4 is 0 Å². The van der Waals surface area contributed by atoms with Crippen molar-refractivity contribution >= 4 is 22.6 Å². The molecule has 0 N–H and O–H groups in total. The molecule has 46 valence electrons. The van der Waals surface area contributed by atoms with Gasteiger partial charge in [0.2, 0.25) is 0 Å². The van der Waals surface area contributed by atoms with Crippen molar-refractivity contribution in [3.63, 3.8) is 0 Å². The number of allylic oxidation sites excluding steroid dienone is 4. The maximum absolute atomic E-state index is 2.29. The summed E-state index contributed by atoms with van der Waals surface area (Å²) in [5.41, 5.74) is 0. The summed E-state index contributed by atoms with van der Waals surface area (Å²) in [7, 11) is 0. The molecular formula is C7H11I. The van der Waals surface area contributed by atoms with Crippen molar-refractivity contribution in [1.82, 2.24) is 0 Å². The molecule has 0 aliphatic carbocycles. The maximum atomic E-state index is 2.29. The second-order valence-electron chi connectivity index (χ2n) is 1.59. The van der Waals surface area contributed by atoms with Crippen molar-refractivity contribution in [3.05, 3.63) is 21.8 Å². The van der Waals surface area contributed by atoms with Crippen LogP contribution in [-0.4, -0.2) is 0 Å². The summed E-state index contributed by atoms with van der Waals surface area (Å²) in [6.07, 6.45) is 7.45. The Labute approximate surface area is 64.8 Å². The number of halogens is 1. The predicted octanol–water partition coefficient (Wildman–Crippen LogP) is 3.29. The normalized spacial score (nSPS) is 13.1. The number of hydrogen-bond acceptors (Lipinski definition) is 0. The number of rotatable bonds is 2. The molecule has 0 atom stereocenters. The first kappa shape index (κ1) is 8.21. The minimum Gasteiger partial charge on any atom is -0.0848 e. The smallest absolute Gasteiger partial charge is 0.0125 e. The fourth-order valence-electron chi connectivity index (χ4n) is 0.337. The van der Waals surface area contributed by atoms with Gasteiger partial charge in [0.1, 0.15) is 0 Å². The minimum absolute atomic E-state index is 1.13. The van der Waals surface area contributed by atoms with E-state index in [4.69, 9.17) is 0 Å². The van der Waals surface area contributed by atoms with Gasteiger partial charge in [-0.15, -0.1) is 0 Å². The van der Waals surface area contributed by atoms with Gasteiger partial charge in [0.25, 0.3) is 0 Å². The van der Waals surface area contributed by atoms with Gasteiger partial charge in [-0.3, -0.25) is 0 Å². The van der Waals surface area contributed by atoms with Gasteiger partial charge in [0.15, 0.2) is 0 Å². The summed E-state index contributed by atoms with van der Waals surface area (Å²) in [4.78, 5) is 0. The Morgan fingerprint density at radius 1 is 1.62 bits per heavy atom. The molecule has 0 aliphatic rings. The third-order valence-electron chi connectivity index (χ3n) is 0.698. The number of hydrogen-bond donors (Lipinski definition) is 0. The molecule has 0 nitrogen and oxygen atoms in total. The minimum atomic E-state index is 1.13. The Bertz CT molecular complexity index is 97.0.